The molecule has 0 atom stereocenters. The zero-order chi connectivity index (χ0) is 15.8. The number of carbonyl (C=O) groups excluding carboxylic acids is 2. The number of hydrogen-bond donors (Lipinski definition) is 1. The van der Waals surface area contributed by atoms with Crippen LogP contribution in [-0.2, 0) is 9.47 Å². The average molecular weight is 297 g/mol. The summed E-state index contributed by atoms with van der Waals surface area (Å²) in [5.41, 5.74) is 1.59. The van der Waals surface area contributed by atoms with Crippen LogP contribution in [0.25, 0.3) is 0 Å². The lowest BCUT2D eigenvalue weighted by atomic mass is 10.0. The van der Waals surface area contributed by atoms with E-state index in [2.05, 4.69) is 11.3 Å². The summed E-state index contributed by atoms with van der Waals surface area (Å²) in [6.07, 6.45) is -1.54. The first-order valence-electron chi connectivity index (χ1n) is 6.59. The summed E-state index contributed by atoms with van der Waals surface area (Å²) >= 11 is 0. The molecule has 2 amide bonds. The van der Waals surface area contributed by atoms with Crippen LogP contribution in [0.1, 0.15) is 17.2 Å². The molecule has 2 aromatic rings. The molecule has 0 aliphatic carbocycles. The van der Waals surface area contributed by atoms with Crippen molar-refractivity contribution in [3.63, 3.8) is 0 Å². The number of alkyl carbamates (subject to hydrolysis) is 2. The molecular formula is C17H15NO4. The van der Waals surface area contributed by atoms with Crippen LogP contribution < -0.4 is 5.32 Å². The number of nitrogens with one attached hydrogen (secondary N) is 1. The second kappa shape index (κ2) is 7.64. The van der Waals surface area contributed by atoms with Crippen LogP contribution in [0.4, 0.5) is 9.59 Å². The van der Waals surface area contributed by atoms with Crippen LogP contribution >= 0.6 is 0 Å². The fraction of sp³-hybridized carbons (Fsp3) is 0.0588. The van der Waals surface area contributed by atoms with E-state index < -0.39 is 18.3 Å². The number of ether oxygens (including phenoxy) is 2. The standard InChI is InChI=1S/C17H15NO4/c1-2-21-16(19)18-17(20)22-15(13-9-5-3-6-10-13)14-11-7-4-8-12-14/h2-12,15H,1H2,(H,18,19,20). The Labute approximate surface area is 128 Å². The minimum atomic E-state index is -0.945. The summed E-state index contributed by atoms with van der Waals surface area (Å²) in [4.78, 5) is 23.0. The van der Waals surface area contributed by atoms with Crippen molar-refractivity contribution in [1.82, 2.24) is 5.32 Å². The fourth-order valence-corrected chi connectivity index (χ4v) is 1.91. The predicted molar refractivity (Wildman–Crippen MR) is 81.0 cm³/mol. The molecule has 0 aromatic heterocycles. The van der Waals surface area contributed by atoms with Gasteiger partial charge in [-0.3, -0.25) is 0 Å². The average Bonchev–Trinajstić information content (AvgIpc) is 2.54. The fourth-order valence-electron chi connectivity index (χ4n) is 1.91. The Morgan fingerprint density at radius 3 is 1.86 bits per heavy atom. The van der Waals surface area contributed by atoms with Gasteiger partial charge in [0.05, 0.1) is 6.26 Å². The molecule has 2 aromatic carbocycles. The summed E-state index contributed by atoms with van der Waals surface area (Å²) in [6, 6.07) is 18.5. The van der Waals surface area contributed by atoms with Crippen LogP contribution in [0.5, 0.6) is 0 Å². The summed E-state index contributed by atoms with van der Waals surface area (Å²) in [5, 5.41) is 1.96. The summed E-state index contributed by atoms with van der Waals surface area (Å²) in [7, 11) is 0. The molecule has 0 spiro atoms. The molecule has 0 aliphatic heterocycles. The molecule has 1 N–H and O–H groups in total. The van der Waals surface area contributed by atoms with Gasteiger partial charge in [0.15, 0.2) is 6.10 Å². The Morgan fingerprint density at radius 1 is 0.909 bits per heavy atom. The van der Waals surface area contributed by atoms with Crippen molar-refractivity contribution in [2.75, 3.05) is 0 Å². The molecule has 0 aliphatic rings. The van der Waals surface area contributed by atoms with E-state index in [9.17, 15) is 9.59 Å². The molecular weight excluding hydrogens is 282 g/mol. The quantitative estimate of drug-likeness (QED) is 0.872. The lowest BCUT2D eigenvalue weighted by Gasteiger charge is -2.18. The topological polar surface area (TPSA) is 64.6 Å². The Balaban J connectivity index is 2.17. The van der Waals surface area contributed by atoms with Crippen LogP contribution in [-0.4, -0.2) is 12.2 Å². The van der Waals surface area contributed by atoms with Crippen LogP contribution in [0.15, 0.2) is 73.5 Å². The monoisotopic (exact) mass is 297 g/mol. The highest BCUT2D eigenvalue weighted by Gasteiger charge is 2.20. The Bertz CT molecular complexity index is 601. The van der Waals surface area contributed by atoms with Crippen molar-refractivity contribution in [1.29, 1.82) is 0 Å². The van der Waals surface area contributed by atoms with E-state index in [0.29, 0.717) is 0 Å². The van der Waals surface area contributed by atoms with E-state index in [0.717, 1.165) is 17.4 Å². The Morgan fingerprint density at radius 2 is 1.41 bits per heavy atom. The summed E-state index contributed by atoms with van der Waals surface area (Å²) < 4.78 is 9.77. The van der Waals surface area contributed by atoms with E-state index >= 15 is 0 Å². The van der Waals surface area contributed by atoms with E-state index in [1.807, 2.05) is 66.0 Å². The van der Waals surface area contributed by atoms with Crippen molar-refractivity contribution < 1.29 is 19.1 Å². The van der Waals surface area contributed by atoms with Gasteiger partial charge in [-0.2, -0.15) is 0 Å². The van der Waals surface area contributed by atoms with Gasteiger partial charge in [0, 0.05) is 0 Å². The predicted octanol–water partition coefficient (Wildman–Crippen LogP) is 3.78. The second-order valence-corrected chi connectivity index (χ2v) is 4.30. The zero-order valence-corrected chi connectivity index (χ0v) is 11.8. The molecule has 5 heteroatoms. The minimum Gasteiger partial charge on any atom is -0.436 e. The van der Waals surface area contributed by atoms with Gasteiger partial charge in [-0.05, 0) is 11.1 Å². The number of imide groups is 1. The summed E-state index contributed by atoms with van der Waals surface area (Å²) in [6.45, 7) is 3.23. The summed E-state index contributed by atoms with van der Waals surface area (Å²) in [5.74, 6) is 0. The number of rotatable bonds is 4. The van der Waals surface area contributed by atoms with Gasteiger partial charge in [0.1, 0.15) is 0 Å². The first kappa shape index (κ1) is 15.3. The van der Waals surface area contributed by atoms with E-state index in [4.69, 9.17) is 4.74 Å². The highest BCUT2D eigenvalue weighted by molar-refractivity contribution is 5.87. The highest BCUT2D eigenvalue weighted by atomic mass is 16.6. The highest BCUT2D eigenvalue weighted by Crippen LogP contribution is 2.25. The molecule has 0 saturated heterocycles. The minimum absolute atomic E-state index is 0.626. The van der Waals surface area contributed by atoms with Gasteiger partial charge < -0.3 is 9.47 Å². The molecule has 0 bridgehead atoms. The number of carbonyl (C=O) groups is 2. The Kier molecular flexibility index (Phi) is 5.31. The van der Waals surface area contributed by atoms with Crippen LogP contribution in [0, 0.1) is 0 Å². The van der Waals surface area contributed by atoms with Gasteiger partial charge >= 0.3 is 12.2 Å². The number of benzene rings is 2. The van der Waals surface area contributed by atoms with Gasteiger partial charge in [-0.1, -0.05) is 67.2 Å². The van der Waals surface area contributed by atoms with E-state index in [1.54, 1.807) is 0 Å². The van der Waals surface area contributed by atoms with Gasteiger partial charge in [-0.25, -0.2) is 14.9 Å². The van der Waals surface area contributed by atoms with E-state index in [1.165, 1.54) is 0 Å². The number of amides is 2. The molecule has 0 radical (unpaired) electrons. The smallest absolute Gasteiger partial charge is 0.421 e. The van der Waals surface area contributed by atoms with Gasteiger partial charge in [-0.15, -0.1) is 0 Å². The maximum Gasteiger partial charge on any atom is 0.421 e. The second-order valence-electron chi connectivity index (χ2n) is 4.30. The molecule has 2 rings (SSSR count). The maximum atomic E-state index is 11.8. The Hall–Kier alpha value is -3.08. The van der Waals surface area contributed by atoms with Crippen molar-refractivity contribution >= 4 is 12.2 Å². The third-order valence-electron chi connectivity index (χ3n) is 2.82. The van der Waals surface area contributed by atoms with Crippen molar-refractivity contribution in [2.45, 2.75) is 6.10 Å². The van der Waals surface area contributed by atoms with Crippen LogP contribution in [0.3, 0.4) is 0 Å². The molecule has 0 fully saturated rings. The van der Waals surface area contributed by atoms with Crippen molar-refractivity contribution in [2.24, 2.45) is 0 Å². The van der Waals surface area contributed by atoms with Gasteiger partial charge in [0.25, 0.3) is 0 Å². The van der Waals surface area contributed by atoms with Crippen molar-refractivity contribution in [3.05, 3.63) is 84.6 Å². The lowest BCUT2D eigenvalue weighted by molar-refractivity contribution is 0.113. The third-order valence-corrected chi connectivity index (χ3v) is 2.82. The normalized spacial score (nSPS) is 9.86. The zero-order valence-electron chi connectivity index (χ0n) is 11.8. The number of hydrogen-bond acceptors (Lipinski definition) is 4. The van der Waals surface area contributed by atoms with Crippen LogP contribution in [0.2, 0.25) is 0 Å². The SMILES string of the molecule is C=COC(=O)NC(=O)OC(c1ccccc1)c1ccccc1. The first-order chi connectivity index (χ1) is 10.7. The molecule has 5 nitrogen and oxygen atoms in total. The molecule has 112 valence electrons. The van der Waals surface area contributed by atoms with Gasteiger partial charge in [0.2, 0.25) is 0 Å². The van der Waals surface area contributed by atoms with Crippen molar-refractivity contribution in [3.8, 4) is 0 Å². The molecule has 22 heavy (non-hydrogen) atoms. The molecule has 0 heterocycles. The first-order valence-corrected chi connectivity index (χ1v) is 6.59. The lowest BCUT2D eigenvalue weighted by Crippen LogP contribution is -2.31. The largest absolute Gasteiger partial charge is 0.436 e. The molecule has 0 saturated carbocycles. The third kappa shape index (κ3) is 4.21. The molecule has 0 unspecified atom stereocenters. The van der Waals surface area contributed by atoms with E-state index in [-0.39, 0.29) is 0 Å². The maximum absolute atomic E-state index is 11.8.